The van der Waals surface area contributed by atoms with Crippen molar-refractivity contribution in [2.24, 2.45) is 0 Å². The van der Waals surface area contributed by atoms with E-state index in [2.05, 4.69) is 17.4 Å². The molecular formula is C22H20Cl2N2O2. The maximum absolute atomic E-state index is 12.8. The highest BCUT2D eigenvalue weighted by atomic mass is 35.5. The van der Waals surface area contributed by atoms with Gasteiger partial charge in [-0.1, -0.05) is 53.5 Å². The molecule has 0 radical (unpaired) electrons. The molecule has 0 aliphatic rings. The zero-order chi connectivity index (χ0) is 20.3. The maximum Gasteiger partial charge on any atom is 0.261 e. The van der Waals surface area contributed by atoms with Gasteiger partial charge < -0.3 is 9.88 Å². The molecule has 1 heterocycles. The Morgan fingerprint density at radius 1 is 1.00 bits per heavy atom. The average molecular weight is 415 g/mol. The first-order valence-corrected chi connectivity index (χ1v) is 9.64. The average Bonchev–Trinajstić information content (AvgIpc) is 2.65. The largest absolute Gasteiger partial charge is 0.348 e. The van der Waals surface area contributed by atoms with Gasteiger partial charge in [-0.2, -0.15) is 0 Å². The van der Waals surface area contributed by atoms with Gasteiger partial charge in [0.05, 0.1) is 10.0 Å². The molecule has 0 fully saturated rings. The smallest absolute Gasteiger partial charge is 0.261 e. The molecule has 144 valence electrons. The van der Waals surface area contributed by atoms with Crippen LogP contribution in [0.4, 0.5) is 5.69 Å². The van der Waals surface area contributed by atoms with Crippen molar-refractivity contribution in [3.05, 3.63) is 97.4 Å². The van der Waals surface area contributed by atoms with Crippen LogP contribution in [0, 0.1) is 13.8 Å². The summed E-state index contributed by atoms with van der Waals surface area (Å²) < 4.78 is 2.00. The molecule has 1 aromatic heterocycles. The topological polar surface area (TPSA) is 51.1 Å². The zero-order valence-electron chi connectivity index (χ0n) is 15.6. The van der Waals surface area contributed by atoms with E-state index < -0.39 is 5.91 Å². The number of amides is 1. The molecule has 6 heteroatoms. The first-order chi connectivity index (χ1) is 13.4. The minimum absolute atomic E-state index is 0.129. The third kappa shape index (κ3) is 4.46. The molecule has 0 unspecified atom stereocenters. The van der Waals surface area contributed by atoms with Crippen LogP contribution in [0.3, 0.4) is 0 Å². The quantitative estimate of drug-likeness (QED) is 0.618. The lowest BCUT2D eigenvalue weighted by atomic mass is 10.1. The summed E-state index contributed by atoms with van der Waals surface area (Å²) in [7, 11) is 0. The molecular weight excluding hydrogens is 395 g/mol. The monoisotopic (exact) mass is 414 g/mol. The van der Waals surface area contributed by atoms with E-state index in [4.69, 9.17) is 23.2 Å². The summed E-state index contributed by atoms with van der Waals surface area (Å²) in [6.07, 6.45) is 0.805. The summed E-state index contributed by atoms with van der Waals surface area (Å²) in [5, 5.41) is 3.46. The number of nitrogens with one attached hydrogen (secondary N) is 1. The minimum Gasteiger partial charge on any atom is -0.348 e. The molecule has 3 aromatic rings. The van der Waals surface area contributed by atoms with E-state index in [1.54, 1.807) is 25.1 Å². The predicted molar refractivity (Wildman–Crippen MR) is 115 cm³/mol. The first-order valence-electron chi connectivity index (χ1n) is 8.88. The molecule has 0 bridgehead atoms. The third-order valence-corrected chi connectivity index (χ3v) is 5.39. The SMILES string of the molecule is Cc1cc(=O)c(C(=O)Nc2ccc(Cl)c(Cl)c2)c(C)n1CCc1ccccc1. The van der Waals surface area contributed by atoms with Crippen molar-refractivity contribution in [1.82, 2.24) is 4.57 Å². The normalized spacial score (nSPS) is 10.7. The number of halogens is 2. The van der Waals surface area contributed by atoms with Gasteiger partial charge in [0, 0.05) is 29.7 Å². The molecule has 0 saturated heterocycles. The highest BCUT2D eigenvalue weighted by Crippen LogP contribution is 2.25. The van der Waals surface area contributed by atoms with Crippen molar-refractivity contribution < 1.29 is 4.79 Å². The predicted octanol–water partition coefficient (Wildman–Crippen LogP) is 5.27. The number of pyridine rings is 1. The molecule has 0 saturated carbocycles. The first kappa shape index (κ1) is 20.2. The molecule has 2 aromatic carbocycles. The van der Waals surface area contributed by atoms with E-state index in [0.29, 0.717) is 28.0 Å². The highest BCUT2D eigenvalue weighted by molar-refractivity contribution is 6.42. The van der Waals surface area contributed by atoms with E-state index in [1.165, 1.54) is 11.6 Å². The molecule has 0 atom stereocenters. The second-order valence-corrected chi connectivity index (χ2v) is 7.40. The van der Waals surface area contributed by atoms with Gasteiger partial charge in [-0.05, 0) is 44.0 Å². The molecule has 1 N–H and O–H groups in total. The summed E-state index contributed by atoms with van der Waals surface area (Å²) in [6, 6.07) is 16.4. The number of carbonyl (C=O) groups excluding carboxylic acids is 1. The van der Waals surface area contributed by atoms with E-state index in [0.717, 1.165) is 12.1 Å². The Morgan fingerprint density at radius 3 is 2.39 bits per heavy atom. The van der Waals surface area contributed by atoms with Crippen LogP contribution in [0.15, 0.2) is 59.4 Å². The number of aromatic nitrogens is 1. The molecule has 4 nitrogen and oxygen atoms in total. The summed E-state index contributed by atoms with van der Waals surface area (Å²) in [5.41, 5.74) is 2.97. The number of benzene rings is 2. The van der Waals surface area contributed by atoms with Crippen molar-refractivity contribution in [3.63, 3.8) is 0 Å². The van der Waals surface area contributed by atoms with Crippen LogP contribution in [-0.2, 0) is 13.0 Å². The lowest BCUT2D eigenvalue weighted by molar-refractivity contribution is 0.102. The number of aryl methyl sites for hydroxylation is 2. The van der Waals surface area contributed by atoms with Gasteiger partial charge in [-0.15, -0.1) is 0 Å². The number of nitrogens with zero attached hydrogens (tertiary/aromatic N) is 1. The molecule has 28 heavy (non-hydrogen) atoms. The molecule has 0 aliphatic carbocycles. The molecule has 1 amide bonds. The van der Waals surface area contributed by atoms with Crippen LogP contribution >= 0.6 is 23.2 Å². The fraction of sp³-hybridized carbons (Fsp3) is 0.182. The number of hydrogen-bond donors (Lipinski definition) is 1. The lowest BCUT2D eigenvalue weighted by Crippen LogP contribution is -2.27. The van der Waals surface area contributed by atoms with Gasteiger partial charge in [0.15, 0.2) is 5.43 Å². The van der Waals surface area contributed by atoms with E-state index in [-0.39, 0.29) is 11.0 Å². The van der Waals surface area contributed by atoms with Crippen LogP contribution in [0.2, 0.25) is 10.0 Å². The van der Waals surface area contributed by atoms with Crippen LogP contribution in [0.25, 0.3) is 0 Å². The zero-order valence-corrected chi connectivity index (χ0v) is 17.1. The lowest BCUT2D eigenvalue weighted by Gasteiger charge is -2.17. The fourth-order valence-electron chi connectivity index (χ4n) is 3.19. The van der Waals surface area contributed by atoms with Gasteiger partial charge in [0.25, 0.3) is 5.91 Å². The van der Waals surface area contributed by atoms with Gasteiger partial charge in [-0.3, -0.25) is 9.59 Å². The Morgan fingerprint density at radius 2 is 1.71 bits per heavy atom. The summed E-state index contributed by atoms with van der Waals surface area (Å²) in [6.45, 7) is 4.35. The molecule has 0 spiro atoms. The Hall–Kier alpha value is -2.56. The number of carbonyl (C=O) groups is 1. The minimum atomic E-state index is -0.464. The van der Waals surface area contributed by atoms with Crippen LogP contribution < -0.4 is 10.7 Å². The van der Waals surface area contributed by atoms with Crippen LogP contribution in [0.1, 0.15) is 27.3 Å². The van der Waals surface area contributed by atoms with E-state index >= 15 is 0 Å². The maximum atomic E-state index is 12.8. The van der Waals surface area contributed by atoms with Crippen molar-refractivity contribution in [3.8, 4) is 0 Å². The number of hydrogen-bond acceptors (Lipinski definition) is 2. The van der Waals surface area contributed by atoms with Crippen LogP contribution in [-0.4, -0.2) is 10.5 Å². The third-order valence-electron chi connectivity index (χ3n) is 4.65. The van der Waals surface area contributed by atoms with Crippen molar-refractivity contribution >= 4 is 34.8 Å². The highest BCUT2D eigenvalue weighted by Gasteiger charge is 2.18. The van der Waals surface area contributed by atoms with Gasteiger partial charge in [0.1, 0.15) is 5.56 Å². The molecule has 3 rings (SSSR count). The summed E-state index contributed by atoms with van der Waals surface area (Å²) in [5.74, 6) is -0.464. The summed E-state index contributed by atoms with van der Waals surface area (Å²) >= 11 is 11.9. The Labute approximate surface area is 173 Å². The second-order valence-electron chi connectivity index (χ2n) is 6.58. The molecule has 0 aliphatic heterocycles. The van der Waals surface area contributed by atoms with E-state index in [1.807, 2.05) is 29.7 Å². The van der Waals surface area contributed by atoms with Crippen molar-refractivity contribution in [2.45, 2.75) is 26.8 Å². The van der Waals surface area contributed by atoms with Crippen molar-refractivity contribution in [2.75, 3.05) is 5.32 Å². The Kier molecular flexibility index (Phi) is 6.22. The Bertz CT molecular complexity index is 1080. The summed E-state index contributed by atoms with van der Waals surface area (Å²) in [4.78, 5) is 25.3. The second kappa shape index (κ2) is 8.63. The van der Waals surface area contributed by atoms with Crippen molar-refractivity contribution in [1.29, 1.82) is 0 Å². The van der Waals surface area contributed by atoms with Gasteiger partial charge >= 0.3 is 0 Å². The Balaban J connectivity index is 1.88. The number of anilines is 1. The number of rotatable bonds is 5. The van der Waals surface area contributed by atoms with Gasteiger partial charge in [-0.25, -0.2) is 0 Å². The van der Waals surface area contributed by atoms with E-state index in [9.17, 15) is 9.59 Å². The standard InChI is InChI=1S/C22H20Cl2N2O2/c1-14-12-20(27)21(22(28)25-17-8-9-18(23)19(24)13-17)15(2)26(14)11-10-16-6-4-3-5-7-16/h3-9,12-13H,10-11H2,1-2H3,(H,25,28). The van der Waals surface area contributed by atoms with Crippen LogP contribution in [0.5, 0.6) is 0 Å². The van der Waals surface area contributed by atoms with Gasteiger partial charge in [0.2, 0.25) is 0 Å². The fourth-order valence-corrected chi connectivity index (χ4v) is 3.49.